The molecular formula is C24H28ClF2N3O5. The first-order chi connectivity index (χ1) is 16.2. The van der Waals surface area contributed by atoms with Gasteiger partial charge in [-0.2, -0.15) is 8.78 Å². The number of carbonyl (C=O) groups is 2. The third-order valence-corrected chi connectivity index (χ3v) is 6.50. The van der Waals surface area contributed by atoms with E-state index in [1.165, 1.54) is 19.2 Å². The highest BCUT2D eigenvalue weighted by Crippen LogP contribution is 2.46. The number of hydrogen-bond acceptors (Lipinski definition) is 6. The van der Waals surface area contributed by atoms with E-state index in [1.54, 1.807) is 36.2 Å². The van der Waals surface area contributed by atoms with Crippen LogP contribution in [0.5, 0.6) is 11.5 Å². The fraction of sp³-hybridized carbons (Fsp3) is 0.458. The number of likely N-dealkylation sites (N-methyl/N-ethyl adjacent to an activating group) is 1. The summed E-state index contributed by atoms with van der Waals surface area (Å²) in [5, 5.41) is 12.8. The van der Waals surface area contributed by atoms with E-state index in [0.717, 1.165) is 18.4 Å². The molecule has 1 aliphatic carbocycles. The molecule has 1 aromatic carbocycles. The minimum atomic E-state index is -2.98. The Labute approximate surface area is 208 Å². The van der Waals surface area contributed by atoms with Crippen LogP contribution in [0.15, 0.2) is 36.4 Å². The quantitative estimate of drug-likeness (QED) is 0.530. The average Bonchev–Trinajstić information content (AvgIpc) is 3.58. The molecule has 190 valence electrons. The molecule has 1 aromatic heterocycles. The molecule has 11 heteroatoms. The fourth-order valence-electron chi connectivity index (χ4n) is 4.44. The molecule has 2 atom stereocenters. The van der Waals surface area contributed by atoms with Gasteiger partial charge in [-0.05, 0) is 68.0 Å². The molecule has 2 N–H and O–H groups in total. The van der Waals surface area contributed by atoms with Crippen LogP contribution in [-0.2, 0) is 10.3 Å². The van der Waals surface area contributed by atoms with Crippen molar-refractivity contribution in [2.45, 2.75) is 37.3 Å². The highest BCUT2D eigenvalue weighted by Gasteiger charge is 2.52. The lowest BCUT2D eigenvalue weighted by Gasteiger charge is -2.31. The number of alkyl halides is 2. The zero-order chi connectivity index (χ0) is 24.5. The zero-order valence-electron chi connectivity index (χ0n) is 19.4. The topological polar surface area (TPSA) is 101 Å². The summed E-state index contributed by atoms with van der Waals surface area (Å²) in [7, 11) is 3.17. The number of halogens is 3. The van der Waals surface area contributed by atoms with Gasteiger partial charge in [0.15, 0.2) is 17.0 Å². The fourth-order valence-corrected chi connectivity index (χ4v) is 4.44. The smallest absolute Gasteiger partial charge is 0.387 e. The predicted octanol–water partition coefficient (Wildman–Crippen LogP) is 3.65. The van der Waals surface area contributed by atoms with Crippen molar-refractivity contribution in [1.29, 1.82) is 0 Å². The Hall–Kier alpha value is -2.98. The van der Waals surface area contributed by atoms with E-state index in [9.17, 15) is 23.5 Å². The number of carboxylic acid groups (broad SMARTS) is 1. The number of aromatic nitrogens is 1. The number of nitrogens with zero attached hydrogens (tertiary/aromatic N) is 2. The molecule has 0 unspecified atom stereocenters. The average molecular weight is 512 g/mol. The number of amides is 1. The Bertz CT molecular complexity index is 1080. The summed E-state index contributed by atoms with van der Waals surface area (Å²) in [5.74, 6) is -1.14. The van der Waals surface area contributed by atoms with Gasteiger partial charge in [-0.25, -0.2) is 9.78 Å². The summed E-state index contributed by atoms with van der Waals surface area (Å²) < 4.78 is 36.1. The second-order valence-electron chi connectivity index (χ2n) is 8.77. The van der Waals surface area contributed by atoms with Crippen molar-refractivity contribution in [2.24, 2.45) is 5.92 Å². The number of benzene rings is 1. The molecule has 1 aliphatic heterocycles. The molecule has 1 amide bonds. The lowest BCUT2D eigenvalue weighted by Crippen LogP contribution is -2.46. The van der Waals surface area contributed by atoms with E-state index in [2.05, 4.69) is 15.0 Å². The molecule has 0 radical (unpaired) electrons. The molecule has 2 aliphatic rings. The molecule has 35 heavy (non-hydrogen) atoms. The van der Waals surface area contributed by atoms with Crippen molar-refractivity contribution in [3.63, 3.8) is 0 Å². The Kier molecular flexibility index (Phi) is 8.17. The van der Waals surface area contributed by atoms with E-state index >= 15 is 0 Å². The van der Waals surface area contributed by atoms with Crippen LogP contribution in [0, 0.1) is 5.92 Å². The van der Waals surface area contributed by atoms with Crippen molar-refractivity contribution in [3.05, 3.63) is 53.3 Å². The lowest BCUT2D eigenvalue weighted by molar-refractivity contribution is -0.149. The summed E-state index contributed by atoms with van der Waals surface area (Å²) in [6.45, 7) is -2.18. The molecule has 2 aromatic rings. The van der Waals surface area contributed by atoms with Crippen LogP contribution in [0.4, 0.5) is 8.78 Å². The van der Waals surface area contributed by atoms with E-state index in [4.69, 9.17) is 4.74 Å². The summed E-state index contributed by atoms with van der Waals surface area (Å²) in [4.78, 5) is 30.7. The van der Waals surface area contributed by atoms with Gasteiger partial charge < -0.3 is 19.9 Å². The second kappa shape index (κ2) is 10.7. The van der Waals surface area contributed by atoms with Crippen LogP contribution >= 0.6 is 12.4 Å². The molecule has 0 spiro atoms. The number of carboxylic acids is 1. The Balaban J connectivity index is 0.00000342. The van der Waals surface area contributed by atoms with E-state index in [1.807, 2.05) is 0 Å². The van der Waals surface area contributed by atoms with Gasteiger partial charge in [0.25, 0.3) is 5.91 Å². The predicted molar refractivity (Wildman–Crippen MR) is 125 cm³/mol. The first-order valence-electron chi connectivity index (χ1n) is 11.1. The van der Waals surface area contributed by atoms with Crippen LogP contribution in [0.25, 0.3) is 0 Å². The van der Waals surface area contributed by atoms with Crippen LogP contribution in [0.3, 0.4) is 0 Å². The van der Waals surface area contributed by atoms with E-state index in [-0.39, 0.29) is 47.6 Å². The van der Waals surface area contributed by atoms with E-state index < -0.39 is 24.0 Å². The number of hydrogen-bond donors (Lipinski definition) is 2. The van der Waals surface area contributed by atoms with Crippen molar-refractivity contribution >= 4 is 24.3 Å². The standard InChI is InChI=1S/C24H27F2N3O5.ClH/c1-27-21(30)17-4-3-5-20(28-17)24(22(31)32)11-16(12-29(24)2)15-8-9-18(34-23(25)26)19(10-15)33-13-14-6-7-14;/h3-5,8-10,14,16,23H,6-7,11-13H2,1-2H3,(H,27,30)(H,31,32);1H/t16-,24-;/m1./s1. The molecule has 2 fully saturated rings. The van der Waals surface area contributed by atoms with Gasteiger partial charge in [0.2, 0.25) is 0 Å². The molecule has 1 saturated carbocycles. The van der Waals surface area contributed by atoms with Gasteiger partial charge in [0.1, 0.15) is 5.69 Å². The van der Waals surface area contributed by atoms with Gasteiger partial charge in [-0.3, -0.25) is 9.69 Å². The Morgan fingerprint density at radius 2 is 2.00 bits per heavy atom. The van der Waals surface area contributed by atoms with Crippen molar-refractivity contribution in [3.8, 4) is 11.5 Å². The van der Waals surface area contributed by atoms with E-state index in [0.29, 0.717) is 19.1 Å². The number of likely N-dealkylation sites (tertiary alicyclic amines) is 1. The Morgan fingerprint density at radius 1 is 1.26 bits per heavy atom. The molecular weight excluding hydrogens is 484 g/mol. The van der Waals surface area contributed by atoms with Gasteiger partial charge in [-0.1, -0.05) is 12.1 Å². The largest absolute Gasteiger partial charge is 0.489 e. The number of aliphatic carboxylic acids is 1. The first-order valence-corrected chi connectivity index (χ1v) is 11.1. The minimum absolute atomic E-state index is 0. The van der Waals surface area contributed by atoms with Crippen molar-refractivity contribution in [1.82, 2.24) is 15.2 Å². The maximum atomic E-state index is 12.9. The number of ether oxygens (including phenoxy) is 2. The maximum Gasteiger partial charge on any atom is 0.387 e. The Morgan fingerprint density at radius 3 is 2.63 bits per heavy atom. The summed E-state index contributed by atoms with van der Waals surface area (Å²) >= 11 is 0. The SMILES string of the molecule is CNC(=O)c1cccc([C@@]2(C(=O)O)C[C@@H](c3ccc(OC(F)F)c(OCC4CC4)c3)CN2C)n1.Cl. The second-order valence-corrected chi connectivity index (χ2v) is 8.77. The van der Waals surface area contributed by atoms with Crippen LogP contribution < -0.4 is 14.8 Å². The molecule has 1 saturated heterocycles. The summed E-state index contributed by atoms with van der Waals surface area (Å²) in [5.41, 5.74) is -0.317. The third-order valence-electron chi connectivity index (χ3n) is 6.50. The monoisotopic (exact) mass is 511 g/mol. The highest BCUT2D eigenvalue weighted by molar-refractivity contribution is 5.92. The van der Waals surface area contributed by atoms with Crippen LogP contribution in [0.1, 0.15) is 46.9 Å². The zero-order valence-corrected chi connectivity index (χ0v) is 20.2. The van der Waals surface area contributed by atoms with Gasteiger partial charge in [0.05, 0.1) is 12.3 Å². The minimum Gasteiger partial charge on any atom is -0.489 e. The number of nitrogens with one attached hydrogen (secondary N) is 1. The van der Waals surface area contributed by atoms with Gasteiger partial charge >= 0.3 is 12.6 Å². The number of pyridine rings is 1. The molecule has 0 bridgehead atoms. The third kappa shape index (κ3) is 5.48. The number of carbonyl (C=O) groups excluding carboxylic acids is 1. The maximum absolute atomic E-state index is 12.9. The highest BCUT2D eigenvalue weighted by atomic mass is 35.5. The number of rotatable bonds is 9. The molecule has 2 heterocycles. The van der Waals surface area contributed by atoms with Crippen molar-refractivity contribution < 1.29 is 33.0 Å². The normalized spacial score (nSPS) is 21.9. The summed E-state index contributed by atoms with van der Waals surface area (Å²) in [6, 6.07) is 9.49. The molecule has 4 rings (SSSR count). The first kappa shape index (κ1) is 26.6. The van der Waals surface area contributed by atoms with Gasteiger partial charge in [-0.15, -0.1) is 12.4 Å². The van der Waals surface area contributed by atoms with Crippen molar-refractivity contribution in [2.75, 3.05) is 27.2 Å². The van der Waals surface area contributed by atoms with Gasteiger partial charge in [0, 0.05) is 13.6 Å². The van der Waals surface area contributed by atoms with Crippen LogP contribution in [0.2, 0.25) is 0 Å². The van der Waals surface area contributed by atoms with Crippen LogP contribution in [-0.4, -0.2) is 60.7 Å². The summed E-state index contributed by atoms with van der Waals surface area (Å²) in [6.07, 6.45) is 2.27. The molecule has 8 nitrogen and oxygen atoms in total. The lowest BCUT2D eigenvalue weighted by atomic mass is 9.85.